The highest BCUT2D eigenvalue weighted by molar-refractivity contribution is 9.10. The predicted molar refractivity (Wildman–Crippen MR) is 109 cm³/mol. The van der Waals surface area contributed by atoms with E-state index in [1.54, 1.807) is 12.1 Å². The van der Waals surface area contributed by atoms with Gasteiger partial charge in [0, 0.05) is 0 Å². The SMILES string of the molecule is COc1ccc(C=NNC(=O)COc2ccc(C(C)(C)C)cc2Br)cc1O. The van der Waals surface area contributed by atoms with Crippen LogP contribution in [0.1, 0.15) is 31.9 Å². The fourth-order valence-electron chi connectivity index (χ4n) is 2.23. The fraction of sp³-hybridized carbons (Fsp3) is 0.300. The molecule has 2 aromatic carbocycles. The highest BCUT2D eigenvalue weighted by Crippen LogP contribution is 2.31. The van der Waals surface area contributed by atoms with Gasteiger partial charge in [0.2, 0.25) is 0 Å². The van der Waals surface area contributed by atoms with E-state index in [-0.39, 0.29) is 17.8 Å². The van der Waals surface area contributed by atoms with E-state index in [0.717, 1.165) is 4.47 Å². The van der Waals surface area contributed by atoms with E-state index >= 15 is 0 Å². The normalized spacial score (nSPS) is 11.4. The maximum absolute atomic E-state index is 11.9. The van der Waals surface area contributed by atoms with Gasteiger partial charge in [-0.15, -0.1) is 0 Å². The van der Waals surface area contributed by atoms with Crippen molar-refractivity contribution in [1.29, 1.82) is 0 Å². The molecule has 0 aliphatic heterocycles. The van der Waals surface area contributed by atoms with Gasteiger partial charge in [-0.05, 0) is 62.8 Å². The highest BCUT2D eigenvalue weighted by atomic mass is 79.9. The molecule has 0 aliphatic carbocycles. The molecule has 0 fully saturated rings. The van der Waals surface area contributed by atoms with Gasteiger partial charge in [0.1, 0.15) is 5.75 Å². The summed E-state index contributed by atoms with van der Waals surface area (Å²) in [5, 5.41) is 13.6. The van der Waals surface area contributed by atoms with Crippen LogP contribution in [0.4, 0.5) is 0 Å². The second-order valence-corrected chi connectivity index (χ2v) is 7.76. The standard InChI is InChI=1S/C20H23BrN2O4/c1-20(2,3)14-6-8-17(15(21)10-14)27-12-19(25)23-22-11-13-5-7-18(26-4)16(24)9-13/h5-11,24H,12H2,1-4H3,(H,23,25). The molecule has 7 heteroatoms. The minimum atomic E-state index is -0.393. The molecular weight excluding hydrogens is 412 g/mol. The molecule has 144 valence electrons. The van der Waals surface area contributed by atoms with Gasteiger partial charge in [-0.3, -0.25) is 4.79 Å². The van der Waals surface area contributed by atoms with Crippen LogP contribution >= 0.6 is 15.9 Å². The lowest BCUT2D eigenvalue weighted by Crippen LogP contribution is -2.24. The van der Waals surface area contributed by atoms with Crippen molar-refractivity contribution in [3.8, 4) is 17.2 Å². The number of phenols is 1. The van der Waals surface area contributed by atoms with Gasteiger partial charge in [-0.1, -0.05) is 26.8 Å². The number of benzene rings is 2. The number of nitrogens with zero attached hydrogens (tertiary/aromatic N) is 1. The Hall–Kier alpha value is -2.54. The number of rotatable bonds is 6. The number of amides is 1. The molecule has 0 unspecified atom stereocenters. The maximum atomic E-state index is 11.9. The van der Waals surface area contributed by atoms with Crippen LogP contribution in [0.25, 0.3) is 0 Å². The summed E-state index contributed by atoms with van der Waals surface area (Å²) < 4.78 is 11.3. The van der Waals surface area contributed by atoms with E-state index in [9.17, 15) is 9.90 Å². The van der Waals surface area contributed by atoms with E-state index in [4.69, 9.17) is 9.47 Å². The third kappa shape index (κ3) is 5.99. The Morgan fingerprint density at radius 2 is 1.93 bits per heavy atom. The molecule has 0 saturated carbocycles. The Morgan fingerprint density at radius 3 is 2.52 bits per heavy atom. The molecule has 2 rings (SSSR count). The van der Waals surface area contributed by atoms with Crippen LogP contribution in [0.2, 0.25) is 0 Å². The first-order valence-electron chi connectivity index (χ1n) is 8.32. The smallest absolute Gasteiger partial charge is 0.277 e. The van der Waals surface area contributed by atoms with Crippen molar-refractivity contribution in [2.75, 3.05) is 13.7 Å². The molecule has 0 aliphatic rings. The van der Waals surface area contributed by atoms with Crippen LogP contribution in [-0.2, 0) is 10.2 Å². The molecule has 0 bridgehead atoms. The van der Waals surface area contributed by atoms with Crippen LogP contribution in [-0.4, -0.2) is 30.9 Å². The van der Waals surface area contributed by atoms with Gasteiger partial charge in [0.05, 0.1) is 17.8 Å². The molecule has 27 heavy (non-hydrogen) atoms. The van der Waals surface area contributed by atoms with E-state index in [1.807, 2.05) is 18.2 Å². The van der Waals surface area contributed by atoms with Gasteiger partial charge in [-0.25, -0.2) is 5.43 Å². The molecule has 0 spiro atoms. The third-order valence-electron chi connectivity index (χ3n) is 3.76. The lowest BCUT2D eigenvalue weighted by Gasteiger charge is -2.20. The van der Waals surface area contributed by atoms with Crippen LogP contribution in [0.3, 0.4) is 0 Å². The Balaban J connectivity index is 1.88. The number of hydrazone groups is 1. The monoisotopic (exact) mass is 434 g/mol. The Kier molecular flexibility index (Phi) is 6.85. The van der Waals surface area contributed by atoms with E-state index in [0.29, 0.717) is 17.1 Å². The summed E-state index contributed by atoms with van der Waals surface area (Å²) in [6.07, 6.45) is 1.42. The lowest BCUT2D eigenvalue weighted by molar-refractivity contribution is -0.123. The first-order chi connectivity index (χ1) is 12.7. The van der Waals surface area contributed by atoms with Crippen molar-refractivity contribution in [3.05, 3.63) is 52.0 Å². The van der Waals surface area contributed by atoms with Gasteiger partial charge < -0.3 is 14.6 Å². The van der Waals surface area contributed by atoms with Gasteiger partial charge in [0.25, 0.3) is 5.91 Å². The zero-order valence-electron chi connectivity index (χ0n) is 15.7. The first kappa shape index (κ1) is 20.8. The second kappa shape index (κ2) is 8.90. The summed E-state index contributed by atoms with van der Waals surface area (Å²) in [5.41, 5.74) is 4.20. The van der Waals surface area contributed by atoms with Crippen LogP contribution in [0.5, 0.6) is 17.2 Å². The average molecular weight is 435 g/mol. The van der Waals surface area contributed by atoms with Gasteiger partial charge in [-0.2, -0.15) is 5.10 Å². The zero-order valence-corrected chi connectivity index (χ0v) is 17.3. The molecule has 0 heterocycles. The number of ether oxygens (including phenoxy) is 2. The van der Waals surface area contributed by atoms with Crippen LogP contribution < -0.4 is 14.9 Å². The molecule has 2 N–H and O–H groups in total. The van der Waals surface area contributed by atoms with Crippen molar-refractivity contribution in [3.63, 3.8) is 0 Å². The second-order valence-electron chi connectivity index (χ2n) is 6.91. The van der Waals surface area contributed by atoms with Crippen molar-refractivity contribution in [2.24, 2.45) is 5.10 Å². The number of aromatic hydroxyl groups is 1. The molecular formula is C20H23BrN2O4. The molecule has 0 radical (unpaired) electrons. The largest absolute Gasteiger partial charge is 0.504 e. The lowest BCUT2D eigenvalue weighted by atomic mass is 9.87. The highest BCUT2D eigenvalue weighted by Gasteiger charge is 2.15. The number of carbonyl (C=O) groups excluding carboxylic acids is 1. The summed E-state index contributed by atoms with van der Waals surface area (Å²) in [6, 6.07) is 10.6. The number of nitrogens with one attached hydrogen (secondary N) is 1. The molecule has 1 amide bonds. The van der Waals surface area contributed by atoms with E-state index < -0.39 is 5.91 Å². The quantitative estimate of drug-likeness (QED) is 0.531. The minimum absolute atomic E-state index is 0.000311. The number of halogens is 1. The topological polar surface area (TPSA) is 80.2 Å². The number of hydrogen-bond acceptors (Lipinski definition) is 5. The third-order valence-corrected chi connectivity index (χ3v) is 4.38. The maximum Gasteiger partial charge on any atom is 0.277 e. The molecule has 0 atom stereocenters. The molecule has 0 aromatic heterocycles. The number of methoxy groups -OCH3 is 1. The molecule has 0 saturated heterocycles. The van der Waals surface area contributed by atoms with E-state index in [1.165, 1.54) is 25.0 Å². The van der Waals surface area contributed by atoms with Crippen LogP contribution in [0, 0.1) is 0 Å². The van der Waals surface area contributed by atoms with Gasteiger partial charge >= 0.3 is 0 Å². The summed E-state index contributed by atoms with van der Waals surface area (Å²) >= 11 is 3.47. The minimum Gasteiger partial charge on any atom is -0.504 e. The number of carbonyl (C=O) groups is 1. The summed E-state index contributed by atoms with van der Waals surface area (Å²) in [4.78, 5) is 11.9. The Bertz CT molecular complexity index is 844. The summed E-state index contributed by atoms with van der Waals surface area (Å²) in [5.74, 6) is 0.560. The summed E-state index contributed by atoms with van der Waals surface area (Å²) in [6.45, 7) is 6.22. The fourth-order valence-corrected chi connectivity index (χ4v) is 2.72. The molecule has 2 aromatic rings. The van der Waals surface area contributed by atoms with Crippen molar-refractivity contribution < 1.29 is 19.4 Å². The Morgan fingerprint density at radius 1 is 1.22 bits per heavy atom. The Labute approximate surface area is 167 Å². The molecule has 6 nitrogen and oxygen atoms in total. The number of hydrogen-bond donors (Lipinski definition) is 2. The van der Waals surface area contributed by atoms with Gasteiger partial charge in [0.15, 0.2) is 18.1 Å². The predicted octanol–water partition coefficient (Wildman–Crippen LogP) is 3.99. The van der Waals surface area contributed by atoms with Crippen LogP contribution in [0.15, 0.2) is 46.0 Å². The number of phenolic OH excluding ortho intramolecular Hbond substituents is 1. The zero-order chi connectivity index (χ0) is 20.0. The van der Waals surface area contributed by atoms with Crippen molar-refractivity contribution >= 4 is 28.1 Å². The average Bonchev–Trinajstić information content (AvgIpc) is 2.60. The van der Waals surface area contributed by atoms with Crippen molar-refractivity contribution in [2.45, 2.75) is 26.2 Å². The first-order valence-corrected chi connectivity index (χ1v) is 9.11. The summed E-state index contributed by atoms with van der Waals surface area (Å²) in [7, 11) is 1.47. The van der Waals surface area contributed by atoms with E-state index in [2.05, 4.69) is 47.2 Å². The van der Waals surface area contributed by atoms with Crippen molar-refractivity contribution in [1.82, 2.24) is 5.43 Å².